The van der Waals surface area contributed by atoms with E-state index in [1.54, 1.807) is 24.3 Å². The van der Waals surface area contributed by atoms with E-state index < -0.39 is 21.7 Å². The molecule has 2 aromatic carbocycles. The summed E-state index contributed by atoms with van der Waals surface area (Å²) in [6, 6.07) is 12.7. The van der Waals surface area contributed by atoms with Gasteiger partial charge in [0.25, 0.3) is 5.91 Å². The first-order valence-electron chi connectivity index (χ1n) is 10.0. The van der Waals surface area contributed by atoms with Gasteiger partial charge in [0.15, 0.2) is 6.61 Å². The molecule has 3 atom stereocenters. The molecule has 1 aliphatic rings. The third-order valence-electron chi connectivity index (χ3n) is 5.38. The monoisotopic (exact) mass is 468 g/mol. The van der Waals surface area contributed by atoms with Crippen LogP contribution in [0.15, 0.2) is 42.5 Å². The van der Waals surface area contributed by atoms with Crippen LogP contribution in [0.1, 0.15) is 49.3 Å². The molecule has 1 saturated carbocycles. The Bertz CT molecular complexity index is 1030. The molecule has 0 aromatic heterocycles. The van der Waals surface area contributed by atoms with Gasteiger partial charge in [0.05, 0.1) is 11.3 Å². The summed E-state index contributed by atoms with van der Waals surface area (Å²) >= 11 is 5.90. The molecule has 2 N–H and O–H groups in total. The maximum Gasteiger partial charge on any atom is 0.271 e. The molecule has 0 saturated heterocycles. The third-order valence-corrected chi connectivity index (χ3v) is 6.27. The van der Waals surface area contributed by atoms with E-state index in [1.807, 2.05) is 23.8 Å². The highest BCUT2D eigenvalue weighted by Gasteiger charge is 2.27. The Morgan fingerprint density at radius 2 is 1.94 bits per heavy atom. The topological polar surface area (TPSA) is 84.5 Å². The first-order valence-corrected chi connectivity index (χ1v) is 12.3. The Hall–Kier alpha value is -2.16. The molecule has 1 amide bonds. The van der Waals surface area contributed by atoms with E-state index in [1.165, 1.54) is 11.6 Å². The number of amides is 1. The van der Waals surface area contributed by atoms with E-state index in [9.17, 15) is 17.6 Å². The SMILES string of the molecule is C[C@@H](NC1CC[C@@H](c2ccc(OCC(=O)NS(C)(=O)=O)cc2)C1)c1ccc(F)c(Cl)c1. The Labute approximate surface area is 187 Å². The highest BCUT2D eigenvalue weighted by Crippen LogP contribution is 2.36. The maximum atomic E-state index is 13.4. The number of hydrogen-bond donors (Lipinski definition) is 2. The van der Waals surface area contributed by atoms with E-state index in [0.29, 0.717) is 17.7 Å². The van der Waals surface area contributed by atoms with Gasteiger partial charge < -0.3 is 10.1 Å². The molecule has 0 spiro atoms. The Balaban J connectivity index is 1.50. The van der Waals surface area contributed by atoms with Gasteiger partial charge in [-0.25, -0.2) is 12.8 Å². The molecule has 9 heteroatoms. The summed E-state index contributed by atoms with van der Waals surface area (Å²) in [5, 5.41) is 3.74. The highest BCUT2D eigenvalue weighted by molar-refractivity contribution is 7.89. The third kappa shape index (κ3) is 6.92. The van der Waals surface area contributed by atoms with Crippen molar-refractivity contribution >= 4 is 27.5 Å². The molecule has 0 heterocycles. The molecule has 0 aliphatic heterocycles. The molecule has 0 radical (unpaired) electrons. The number of sulfonamides is 1. The second kappa shape index (κ2) is 9.97. The molecule has 0 bridgehead atoms. The zero-order chi connectivity index (χ0) is 22.6. The summed E-state index contributed by atoms with van der Waals surface area (Å²) in [4.78, 5) is 11.5. The molecule has 3 rings (SSSR count). The minimum atomic E-state index is -3.59. The minimum Gasteiger partial charge on any atom is -0.484 e. The fourth-order valence-electron chi connectivity index (χ4n) is 3.89. The van der Waals surface area contributed by atoms with Crippen molar-refractivity contribution in [3.63, 3.8) is 0 Å². The first kappa shape index (κ1) is 23.5. The summed E-state index contributed by atoms with van der Waals surface area (Å²) in [5.41, 5.74) is 2.14. The normalized spacial score (nSPS) is 19.7. The van der Waals surface area contributed by atoms with Crippen LogP contribution in [0.3, 0.4) is 0 Å². The first-order chi connectivity index (χ1) is 14.6. The standard InChI is InChI=1S/C22H26ClFN2O4S/c1-14(16-6-10-21(24)20(23)12-16)25-18-7-3-17(11-18)15-4-8-19(9-5-15)30-13-22(27)26-31(2,28)29/h4-6,8-10,12,14,17-18,25H,3,7,11,13H2,1-2H3,(H,26,27)/t14-,17-,18?/m1/s1. The fraction of sp³-hybridized carbons (Fsp3) is 0.409. The van der Waals surface area contributed by atoms with E-state index in [0.717, 1.165) is 31.1 Å². The van der Waals surface area contributed by atoms with Gasteiger partial charge in [-0.2, -0.15) is 0 Å². The van der Waals surface area contributed by atoms with Crippen molar-refractivity contribution in [2.24, 2.45) is 0 Å². The predicted octanol–water partition coefficient (Wildman–Crippen LogP) is 3.92. The zero-order valence-corrected chi connectivity index (χ0v) is 19.0. The number of halogens is 2. The number of carbonyl (C=O) groups is 1. The zero-order valence-electron chi connectivity index (χ0n) is 17.4. The molecule has 1 aliphatic carbocycles. The summed E-state index contributed by atoms with van der Waals surface area (Å²) < 4.78 is 42.7. The van der Waals surface area contributed by atoms with Crippen LogP contribution in [0.4, 0.5) is 4.39 Å². The lowest BCUT2D eigenvalue weighted by Crippen LogP contribution is -2.33. The van der Waals surface area contributed by atoms with E-state index in [2.05, 4.69) is 5.32 Å². The lowest BCUT2D eigenvalue weighted by atomic mass is 9.97. The van der Waals surface area contributed by atoms with Gasteiger partial charge in [0.2, 0.25) is 10.0 Å². The Morgan fingerprint density at radius 3 is 2.58 bits per heavy atom. The van der Waals surface area contributed by atoms with Crippen molar-refractivity contribution in [1.82, 2.24) is 10.0 Å². The number of nitrogens with one attached hydrogen (secondary N) is 2. The van der Waals surface area contributed by atoms with E-state index in [-0.39, 0.29) is 17.7 Å². The van der Waals surface area contributed by atoms with Gasteiger partial charge in [0.1, 0.15) is 11.6 Å². The molecule has 2 aromatic rings. The van der Waals surface area contributed by atoms with Gasteiger partial charge in [-0.3, -0.25) is 9.52 Å². The maximum absolute atomic E-state index is 13.4. The number of benzene rings is 2. The van der Waals surface area contributed by atoms with Gasteiger partial charge in [-0.1, -0.05) is 29.8 Å². The summed E-state index contributed by atoms with van der Waals surface area (Å²) in [6.45, 7) is 1.68. The lowest BCUT2D eigenvalue weighted by Gasteiger charge is -2.20. The van der Waals surface area contributed by atoms with Crippen molar-refractivity contribution in [1.29, 1.82) is 0 Å². The van der Waals surface area contributed by atoms with E-state index in [4.69, 9.17) is 16.3 Å². The van der Waals surface area contributed by atoms with Gasteiger partial charge in [-0.05, 0) is 67.5 Å². The van der Waals surface area contributed by atoms with Crippen molar-refractivity contribution in [3.8, 4) is 5.75 Å². The van der Waals surface area contributed by atoms with Crippen LogP contribution in [0, 0.1) is 5.82 Å². The van der Waals surface area contributed by atoms with Crippen molar-refractivity contribution in [3.05, 3.63) is 64.4 Å². The Morgan fingerprint density at radius 1 is 1.23 bits per heavy atom. The molecule has 6 nitrogen and oxygen atoms in total. The summed E-state index contributed by atoms with van der Waals surface area (Å²) in [6.07, 6.45) is 3.98. The molecule has 1 fully saturated rings. The average Bonchev–Trinajstić information content (AvgIpc) is 3.16. The fourth-order valence-corrected chi connectivity index (χ4v) is 4.55. The number of hydrogen-bond acceptors (Lipinski definition) is 5. The second-order valence-corrected chi connectivity index (χ2v) is 10.1. The Kier molecular flexibility index (Phi) is 7.56. The van der Waals surface area contributed by atoms with Crippen LogP contribution in [-0.4, -0.2) is 33.2 Å². The van der Waals surface area contributed by atoms with Gasteiger partial charge in [0, 0.05) is 12.1 Å². The smallest absolute Gasteiger partial charge is 0.271 e. The number of carbonyl (C=O) groups excluding carboxylic acids is 1. The number of rotatable bonds is 8. The summed E-state index contributed by atoms with van der Waals surface area (Å²) in [7, 11) is -3.59. The average molecular weight is 469 g/mol. The van der Waals surface area contributed by atoms with E-state index >= 15 is 0 Å². The van der Waals surface area contributed by atoms with Crippen LogP contribution in [0.25, 0.3) is 0 Å². The lowest BCUT2D eigenvalue weighted by molar-refractivity contribution is -0.121. The predicted molar refractivity (Wildman–Crippen MR) is 118 cm³/mol. The van der Waals surface area contributed by atoms with Crippen molar-refractivity contribution in [2.45, 2.75) is 44.2 Å². The number of ether oxygens (including phenoxy) is 1. The quantitative estimate of drug-likeness (QED) is 0.613. The molecule has 1 unspecified atom stereocenters. The van der Waals surface area contributed by atoms with Gasteiger partial charge in [-0.15, -0.1) is 0 Å². The highest BCUT2D eigenvalue weighted by atomic mass is 35.5. The van der Waals surface area contributed by atoms with Crippen LogP contribution in [0.2, 0.25) is 5.02 Å². The molecular formula is C22H26ClFN2O4S. The van der Waals surface area contributed by atoms with Crippen molar-refractivity contribution < 1.29 is 22.3 Å². The second-order valence-electron chi connectivity index (χ2n) is 7.92. The molecule has 31 heavy (non-hydrogen) atoms. The van der Waals surface area contributed by atoms with Crippen LogP contribution in [0.5, 0.6) is 5.75 Å². The summed E-state index contributed by atoms with van der Waals surface area (Å²) in [5.74, 6) is -0.221. The minimum absolute atomic E-state index is 0.0655. The molecular weight excluding hydrogens is 443 g/mol. The van der Waals surface area contributed by atoms with Crippen LogP contribution >= 0.6 is 11.6 Å². The largest absolute Gasteiger partial charge is 0.484 e. The van der Waals surface area contributed by atoms with Crippen LogP contribution < -0.4 is 14.8 Å². The van der Waals surface area contributed by atoms with Gasteiger partial charge >= 0.3 is 0 Å². The van der Waals surface area contributed by atoms with Crippen LogP contribution in [-0.2, 0) is 14.8 Å². The molecule has 168 valence electrons. The van der Waals surface area contributed by atoms with Crippen molar-refractivity contribution in [2.75, 3.05) is 12.9 Å².